The standard InChI is InChI=1S/C94H144NO8P/c1-6-8-10-12-14-16-18-20-22-24-26-28-30-32-34-36-38-40-42-44-46-47-49-51-53-55-57-59-61-63-65-67-69-71-73-75-77-79-81-83-85-87-94(97)103-92(91-102-104(98,99)101-89-88-95(3,4)5)90-100-93(96)86-84-82-80-78-76-74-72-70-68-66-64-62-60-58-56-54-52-50-48-45-43-41-39-37-35-33-31-29-27-25-23-21-19-17-15-13-11-9-7-2/h8-11,14-17,20-23,26-29,32-35,38-41,44-46,48-49,51-52,54-55,57-58,60-61,63-64,66-67,69-70,72,92H,6-7,12-13,18-19,24-25,30-31,36-37,42-43,47,50,53,56,59,62,65,68,71,73-91H2,1-5H3/p+1/b10-8-,11-9-,16-14-,17-15-,22-20-,23-21-,28-26-,29-27-,34-32-,35-33-,40-38-,41-39-,46-44-,48-45-,51-49-,54-52-,57-55-,60-58-,63-61-,66-64-,69-67-,72-70-. The first-order valence-corrected chi connectivity index (χ1v) is 41.6. The van der Waals surface area contributed by atoms with Crippen molar-refractivity contribution in [2.24, 2.45) is 0 Å². The fourth-order valence-corrected chi connectivity index (χ4v) is 10.5. The second-order valence-corrected chi connectivity index (χ2v) is 28.1. The van der Waals surface area contributed by atoms with E-state index in [1.54, 1.807) is 0 Å². The van der Waals surface area contributed by atoms with E-state index in [0.29, 0.717) is 23.9 Å². The maximum Gasteiger partial charge on any atom is 0.472 e. The number of unbranched alkanes of at least 4 members (excludes halogenated alkanes) is 12. The number of rotatable bonds is 70. The number of phosphoric acid groups is 1. The lowest BCUT2D eigenvalue weighted by Gasteiger charge is -2.24. The van der Waals surface area contributed by atoms with Crippen molar-refractivity contribution >= 4 is 19.8 Å². The van der Waals surface area contributed by atoms with E-state index in [0.717, 1.165) is 205 Å². The van der Waals surface area contributed by atoms with Crippen molar-refractivity contribution in [3.05, 3.63) is 267 Å². The number of hydrogen-bond donors (Lipinski definition) is 1. The monoisotopic (exact) mass is 1450 g/mol. The molecule has 0 radical (unpaired) electrons. The Labute approximate surface area is 637 Å². The van der Waals surface area contributed by atoms with Crippen LogP contribution in [0.3, 0.4) is 0 Å². The van der Waals surface area contributed by atoms with Gasteiger partial charge < -0.3 is 18.9 Å². The average Bonchev–Trinajstić information content (AvgIpc) is 0.920. The Kier molecular flexibility index (Phi) is 75.2. The van der Waals surface area contributed by atoms with Gasteiger partial charge in [-0.2, -0.15) is 0 Å². The number of likely N-dealkylation sites (N-methyl/N-ethyl adjacent to an activating group) is 1. The number of quaternary nitrogens is 1. The SMILES string of the molecule is CC/C=C\C/C=C\C/C=C\C/C=C\C/C=C\C/C=C\C/C=C\C/C=C\C/C=C\C/C=C\C/C=C\CCCCCCCCCC(=O)OC(COC(=O)CCCCCCC/C=C\C/C=C\C/C=C\C/C=C\C/C=C\C/C=C\C/C=C\C/C=C\C/C=C\C/C=C\C/C=C\CC)COP(=O)(O)OCC[N+](C)(C)C. The smallest absolute Gasteiger partial charge is 0.462 e. The van der Waals surface area contributed by atoms with Crippen molar-refractivity contribution < 1.29 is 42.1 Å². The van der Waals surface area contributed by atoms with E-state index in [1.807, 2.05) is 21.1 Å². The average molecular weight is 1450 g/mol. The number of carbonyl (C=O) groups excluding carboxylic acids is 2. The molecule has 0 aromatic carbocycles. The van der Waals surface area contributed by atoms with Crippen LogP contribution in [0, 0.1) is 0 Å². The summed E-state index contributed by atoms with van der Waals surface area (Å²) < 4.78 is 34.7. The fraction of sp³-hybridized carbons (Fsp3) is 0.511. The summed E-state index contributed by atoms with van der Waals surface area (Å²) >= 11 is 0. The molecule has 0 bridgehead atoms. The highest BCUT2D eigenvalue weighted by Crippen LogP contribution is 2.43. The third kappa shape index (κ3) is 84.2. The van der Waals surface area contributed by atoms with Crippen molar-refractivity contribution in [2.75, 3.05) is 47.5 Å². The molecule has 104 heavy (non-hydrogen) atoms. The van der Waals surface area contributed by atoms with Gasteiger partial charge in [0.15, 0.2) is 6.10 Å². The van der Waals surface area contributed by atoms with E-state index in [1.165, 1.54) is 12.8 Å². The molecule has 2 atom stereocenters. The van der Waals surface area contributed by atoms with Crippen LogP contribution >= 0.6 is 7.82 Å². The number of hydrogen-bond acceptors (Lipinski definition) is 7. The minimum atomic E-state index is -4.43. The Morgan fingerprint density at radius 1 is 0.298 bits per heavy atom. The van der Waals surface area contributed by atoms with E-state index >= 15 is 0 Å². The molecule has 0 heterocycles. The van der Waals surface area contributed by atoms with Gasteiger partial charge in [-0.25, -0.2) is 4.57 Å². The van der Waals surface area contributed by atoms with Gasteiger partial charge >= 0.3 is 19.8 Å². The zero-order chi connectivity index (χ0) is 75.4. The molecule has 0 aromatic rings. The highest BCUT2D eigenvalue weighted by molar-refractivity contribution is 7.47. The van der Waals surface area contributed by atoms with Gasteiger partial charge in [0.05, 0.1) is 27.7 Å². The van der Waals surface area contributed by atoms with E-state index in [4.69, 9.17) is 18.5 Å². The maximum absolute atomic E-state index is 12.9. The molecule has 2 unspecified atom stereocenters. The normalized spacial score (nSPS) is 14.5. The molecule has 0 spiro atoms. The number of esters is 2. The molecule has 0 aliphatic heterocycles. The molecule has 0 saturated carbocycles. The van der Waals surface area contributed by atoms with Gasteiger partial charge in [0.1, 0.15) is 19.8 Å². The van der Waals surface area contributed by atoms with Gasteiger partial charge in [-0.3, -0.25) is 18.6 Å². The minimum absolute atomic E-state index is 0.0111. The highest BCUT2D eigenvalue weighted by Gasteiger charge is 2.27. The van der Waals surface area contributed by atoms with Crippen LogP contribution in [0.15, 0.2) is 267 Å². The molecular formula is C94H145NO8P+. The molecule has 0 aliphatic carbocycles. The highest BCUT2D eigenvalue weighted by atomic mass is 31.2. The van der Waals surface area contributed by atoms with Crippen LogP contribution in [0.4, 0.5) is 0 Å². The number of phosphoric ester groups is 1. The Morgan fingerprint density at radius 3 is 0.769 bits per heavy atom. The molecule has 0 aliphatic rings. The zero-order valence-corrected chi connectivity index (χ0v) is 66.8. The summed E-state index contributed by atoms with van der Waals surface area (Å²) in [5, 5.41) is 0. The molecule has 9 nitrogen and oxygen atoms in total. The van der Waals surface area contributed by atoms with Gasteiger partial charge in [-0.15, -0.1) is 0 Å². The largest absolute Gasteiger partial charge is 0.472 e. The Morgan fingerprint density at radius 2 is 0.519 bits per heavy atom. The molecule has 0 aromatic heterocycles. The summed E-state index contributed by atoms with van der Waals surface area (Å²) in [6.07, 6.45) is 134. The van der Waals surface area contributed by atoms with Crippen molar-refractivity contribution in [1.29, 1.82) is 0 Å². The van der Waals surface area contributed by atoms with Gasteiger partial charge in [-0.1, -0.05) is 333 Å². The summed E-state index contributed by atoms with van der Waals surface area (Å²) in [4.78, 5) is 36.0. The molecule has 1 N–H and O–H groups in total. The minimum Gasteiger partial charge on any atom is -0.462 e. The van der Waals surface area contributed by atoms with E-state index in [-0.39, 0.29) is 26.1 Å². The molecule has 578 valence electrons. The van der Waals surface area contributed by atoms with Crippen LogP contribution in [0.2, 0.25) is 0 Å². The maximum atomic E-state index is 12.9. The Bertz CT molecular complexity index is 2770. The molecule has 0 rings (SSSR count). The third-order valence-electron chi connectivity index (χ3n) is 15.8. The van der Waals surface area contributed by atoms with Crippen molar-refractivity contribution in [3.63, 3.8) is 0 Å². The predicted octanol–water partition coefficient (Wildman–Crippen LogP) is 27.4. The van der Waals surface area contributed by atoms with E-state index in [2.05, 4.69) is 281 Å². The van der Waals surface area contributed by atoms with Gasteiger partial charge in [0.25, 0.3) is 0 Å². The summed E-state index contributed by atoms with van der Waals surface area (Å²) in [7, 11) is 1.42. The second kappa shape index (κ2) is 80.4. The topological polar surface area (TPSA) is 108 Å². The number of ether oxygens (including phenoxy) is 2. The van der Waals surface area contributed by atoms with E-state index in [9.17, 15) is 19.0 Å². The summed E-state index contributed by atoms with van der Waals surface area (Å²) in [5.74, 6) is -0.853. The van der Waals surface area contributed by atoms with Crippen LogP contribution < -0.4 is 0 Å². The molecule has 0 fully saturated rings. The van der Waals surface area contributed by atoms with Crippen LogP contribution in [0.1, 0.15) is 258 Å². The third-order valence-corrected chi connectivity index (χ3v) is 16.7. The lowest BCUT2D eigenvalue weighted by atomic mass is 10.1. The van der Waals surface area contributed by atoms with Gasteiger partial charge in [0.2, 0.25) is 0 Å². The predicted molar refractivity (Wildman–Crippen MR) is 453 cm³/mol. The second-order valence-electron chi connectivity index (χ2n) is 26.6. The van der Waals surface area contributed by atoms with E-state index < -0.39 is 32.5 Å². The summed E-state index contributed by atoms with van der Waals surface area (Å²) in [5.41, 5.74) is 0. The Hall–Kier alpha value is -6.71. The van der Waals surface area contributed by atoms with Gasteiger partial charge in [0, 0.05) is 12.8 Å². The zero-order valence-electron chi connectivity index (χ0n) is 65.9. The Balaban J connectivity index is 4.19. The number of allylic oxidation sites excluding steroid dienone is 44. The fourth-order valence-electron chi connectivity index (χ4n) is 9.73. The summed E-state index contributed by atoms with van der Waals surface area (Å²) in [6.45, 7) is 4.13. The van der Waals surface area contributed by atoms with Crippen LogP contribution in [-0.2, 0) is 32.7 Å². The van der Waals surface area contributed by atoms with Crippen molar-refractivity contribution in [2.45, 2.75) is 264 Å². The first kappa shape index (κ1) is 97.3. The van der Waals surface area contributed by atoms with Gasteiger partial charge in [-0.05, 0) is 180 Å². The molecule has 0 saturated heterocycles. The molecule has 0 amide bonds. The molecule has 10 heteroatoms. The van der Waals surface area contributed by atoms with Crippen molar-refractivity contribution in [1.82, 2.24) is 0 Å². The van der Waals surface area contributed by atoms with Crippen LogP contribution in [-0.4, -0.2) is 74.9 Å². The summed E-state index contributed by atoms with van der Waals surface area (Å²) in [6, 6.07) is 0. The van der Waals surface area contributed by atoms with Crippen LogP contribution in [0.25, 0.3) is 0 Å². The lowest BCUT2D eigenvalue weighted by Crippen LogP contribution is -2.37. The lowest BCUT2D eigenvalue weighted by molar-refractivity contribution is -0.870. The molecular weight excluding hydrogens is 1300 g/mol. The van der Waals surface area contributed by atoms with Crippen molar-refractivity contribution in [3.8, 4) is 0 Å². The number of carbonyl (C=O) groups is 2. The first-order valence-electron chi connectivity index (χ1n) is 40.1. The van der Waals surface area contributed by atoms with Crippen LogP contribution in [0.5, 0.6) is 0 Å². The number of nitrogens with zero attached hydrogens (tertiary/aromatic N) is 1. The first-order chi connectivity index (χ1) is 51.0. The quantitative estimate of drug-likeness (QED) is 0.0211.